The van der Waals surface area contributed by atoms with Crippen LogP contribution in [0, 0.1) is 0 Å². The molecule has 1 aromatic heterocycles. The minimum absolute atomic E-state index is 0.951. The lowest BCUT2D eigenvalue weighted by Gasteiger charge is -2.24. The molecule has 0 radical (unpaired) electrons. The number of rotatable bonds is 5. The summed E-state index contributed by atoms with van der Waals surface area (Å²) in [6, 6.07) is 0. The van der Waals surface area contributed by atoms with E-state index < -0.39 is 0 Å². The molecule has 1 aromatic carbocycles. The standard InChI is InChI=1S/C17H21Br3N4O/c18-12-11-3-1-6-24-16(11)15(14(20)13(12)19)22-17(24)21-4-2-5-23-7-9-25-10-8-23/h1-10H2,(H,21,22)/p+1. The van der Waals surface area contributed by atoms with Gasteiger partial charge in [0.1, 0.15) is 5.52 Å². The normalized spacial score (nSPS) is 18.0. The molecule has 5 nitrogen and oxygen atoms in total. The summed E-state index contributed by atoms with van der Waals surface area (Å²) in [5, 5.41) is 3.57. The van der Waals surface area contributed by atoms with Gasteiger partial charge in [-0.2, -0.15) is 0 Å². The van der Waals surface area contributed by atoms with E-state index in [0.29, 0.717) is 0 Å². The van der Waals surface area contributed by atoms with Crippen LogP contribution >= 0.6 is 47.8 Å². The van der Waals surface area contributed by atoms with Crippen molar-refractivity contribution in [2.24, 2.45) is 0 Å². The van der Waals surface area contributed by atoms with Crippen molar-refractivity contribution >= 4 is 64.8 Å². The van der Waals surface area contributed by atoms with E-state index in [4.69, 9.17) is 4.98 Å². The number of imidazole rings is 1. The Hall–Kier alpha value is -0.150. The molecule has 2 aliphatic rings. The van der Waals surface area contributed by atoms with Gasteiger partial charge in [-0.3, -0.25) is 4.90 Å². The summed E-state index contributed by atoms with van der Waals surface area (Å²) in [5.74, 6) is 0.996. The highest BCUT2D eigenvalue weighted by molar-refractivity contribution is 9.14. The van der Waals surface area contributed by atoms with Gasteiger partial charge in [-0.25, -0.2) is 4.98 Å². The fourth-order valence-electron chi connectivity index (χ4n) is 3.72. The summed E-state index contributed by atoms with van der Waals surface area (Å²) in [6.45, 7) is 7.31. The minimum atomic E-state index is 0.951. The van der Waals surface area contributed by atoms with E-state index in [1.807, 2.05) is 0 Å². The fraction of sp³-hybridized carbons (Fsp3) is 0.588. The van der Waals surface area contributed by atoms with E-state index in [2.05, 4.69) is 67.3 Å². The highest BCUT2D eigenvalue weighted by Crippen LogP contribution is 2.43. The van der Waals surface area contributed by atoms with E-state index >= 15 is 0 Å². The van der Waals surface area contributed by atoms with Crippen molar-refractivity contribution in [2.45, 2.75) is 25.8 Å². The van der Waals surface area contributed by atoms with Gasteiger partial charge in [0.15, 0.2) is 13.2 Å². The zero-order valence-electron chi connectivity index (χ0n) is 14.0. The van der Waals surface area contributed by atoms with Gasteiger partial charge in [0.25, 0.3) is 0 Å². The van der Waals surface area contributed by atoms with E-state index in [9.17, 15) is 0 Å². The lowest BCUT2D eigenvalue weighted by molar-refractivity contribution is -0.0902. The average molecular weight is 538 g/mol. The Kier molecular flexibility index (Phi) is 5.72. The molecule has 3 heterocycles. The first-order valence-corrected chi connectivity index (χ1v) is 11.2. The molecule has 25 heavy (non-hydrogen) atoms. The number of aliphatic hydroxyl groups is 2. The number of nitrogens with zero attached hydrogens (tertiary/aromatic N) is 3. The molecular weight excluding hydrogens is 516 g/mol. The summed E-state index contributed by atoms with van der Waals surface area (Å²) in [5.41, 5.74) is 3.66. The smallest absolute Gasteiger partial charge is 0.203 e. The maximum absolute atomic E-state index is 4.90. The number of nitrogens with one attached hydrogen (secondary N) is 1. The topological polar surface area (TPSA) is 45.9 Å². The van der Waals surface area contributed by atoms with Gasteiger partial charge in [-0.05, 0) is 72.6 Å². The molecule has 1 fully saturated rings. The van der Waals surface area contributed by atoms with Gasteiger partial charge < -0.3 is 14.6 Å². The van der Waals surface area contributed by atoms with E-state index in [0.717, 1.165) is 90.1 Å². The molecule has 0 aliphatic carbocycles. The van der Waals surface area contributed by atoms with Crippen LogP contribution < -0.4 is 5.32 Å². The molecule has 4 rings (SSSR count). The zero-order valence-corrected chi connectivity index (χ0v) is 18.8. The number of anilines is 1. The quantitative estimate of drug-likeness (QED) is 0.357. The van der Waals surface area contributed by atoms with Gasteiger partial charge in [-0.15, -0.1) is 0 Å². The van der Waals surface area contributed by atoms with E-state index in [1.54, 1.807) is 0 Å². The van der Waals surface area contributed by atoms with Crippen LogP contribution in [0.4, 0.5) is 5.95 Å². The maximum atomic E-state index is 4.90. The second kappa shape index (κ2) is 7.84. The van der Waals surface area contributed by atoms with Crippen LogP contribution in [0.3, 0.4) is 0 Å². The van der Waals surface area contributed by atoms with Crippen molar-refractivity contribution in [2.75, 3.05) is 44.7 Å². The third-order valence-corrected chi connectivity index (χ3v) is 8.51. The number of morpholine rings is 1. The average Bonchev–Trinajstić information content (AvgIpc) is 3.02. The SMILES string of the molecule is Brc1c(Br)c2c3c(nc(NCCCN4CC[OH+]CC4)n3CCC2)c1Br. The van der Waals surface area contributed by atoms with Crippen LogP contribution in [0.15, 0.2) is 13.4 Å². The number of ether oxygens (including phenoxy) is 1. The van der Waals surface area contributed by atoms with Crippen LogP contribution in [0.1, 0.15) is 18.4 Å². The molecule has 0 saturated carbocycles. The van der Waals surface area contributed by atoms with E-state index in [1.165, 1.54) is 11.1 Å². The van der Waals surface area contributed by atoms with Crippen LogP contribution in [0.2, 0.25) is 0 Å². The predicted octanol–water partition coefficient (Wildman–Crippen LogP) is 3.92. The summed E-state index contributed by atoms with van der Waals surface area (Å²) < 4.78 is 9.98. The second-order valence-electron chi connectivity index (χ2n) is 6.60. The Morgan fingerprint density at radius 2 is 1.84 bits per heavy atom. The Morgan fingerprint density at radius 3 is 2.64 bits per heavy atom. The van der Waals surface area contributed by atoms with Crippen molar-refractivity contribution in [3.63, 3.8) is 0 Å². The first-order chi connectivity index (χ1) is 12.2. The largest absolute Gasteiger partial charge is 0.432 e. The van der Waals surface area contributed by atoms with Gasteiger partial charge in [0.05, 0.1) is 23.1 Å². The number of benzene rings is 1. The third-order valence-electron chi connectivity index (χ3n) is 5.00. The van der Waals surface area contributed by atoms with Crippen LogP contribution in [0.25, 0.3) is 11.0 Å². The molecule has 0 unspecified atom stereocenters. The van der Waals surface area contributed by atoms with Crippen LogP contribution in [0.5, 0.6) is 0 Å². The summed E-state index contributed by atoms with van der Waals surface area (Å²) in [7, 11) is 0. The third kappa shape index (κ3) is 3.52. The summed E-state index contributed by atoms with van der Waals surface area (Å²) in [6.07, 6.45) is 3.37. The van der Waals surface area contributed by atoms with Crippen LogP contribution in [-0.4, -0.2) is 58.6 Å². The second-order valence-corrected chi connectivity index (χ2v) is 8.98. The highest BCUT2D eigenvalue weighted by Gasteiger charge is 2.24. The number of hydrogen-bond acceptors (Lipinski definition) is 3. The molecular formula is C17H22Br3N4O+. The molecule has 2 aromatic rings. The van der Waals surface area contributed by atoms with Gasteiger partial charge in [0.2, 0.25) is 5.95 Å². The number of aryl methyl sites for hydroxylation is 2. The lowest BCUT2D eigenvalue weighted by atomic mass is 10.0. The molecule has 0 atom stereocenters. The number of hydrogen-bond donors (Lipinski definition) is 1. The van der Waals surface area contributed by atoms with Crippen molar-refractivity contribution in [3.8, 4) is 0 Å². The molecule has 136 valence electrons. The number of halogens is 3. The van der Waals surface area contributed by atoms with Crippen molar-refractivity contribution in [1.29, 1.82) is 0 Å². The van der Waals surface area contributed by atoms with Crippen molar-refractivity contribution < 1.29 is 4.74 Å². The molecule has 2 aliphatic heterocycles. The fourth-order valence-corrected chi connectivity index (χ4v) is 5.47. The Labute approximate surface area is 172 Å². The monoisotopic (exact) mass is 535 g/mol. The van der Waals surface area contributed by atoms with Crippen molar-refractivity contribution in [1.82, 2.24) is 14.5 Å². The Bertz CT molecular complexity index is 786. The van der Waals surface area contributed by atoms with Gasteiger partial charge >= 0.3 is 0 Å². The van der Waals surface area contributed by atoms with E-state index in [-0.39, 0.29) is 0 Å². The Balaban J connectivity index is 1.51. The zero-order chi connectivity index (χ0) is 17.4. The first-order valence-electron chi connectivity index (χ1n) is 8.82. The lowest BCUT2D eigenvalue weighted by Crippen LogP contribution is -2.39. The highest BCUT2D eigenvalue weighted by atomic mass is 79.9. The summed E-state index contributed by atoms with van der Waals surface area (Å²) >= 11 is 11.1. The Morgan fingerprint density at radius 1 is 1.04 bits per heavy atom. The molecule has 0 spiro atoms. The molecule has 8 heteroatoms. The number of aromatic nitrogens is 2. The first kappa shape index (κ1) is 18.2. The molecule has 2 N–H and O–H groups in total. The summed E-state index contributed by atoms with van der Waals surface area (Å²) in [4.78, 5) is 7.40. The maximum Gasteiger partial charge on any atom is 0.203 e. The van der Waals surface area contributed by atoms with Crippen molar-refractivity contribution in [3.05, 3.63) is 19.0 Å². The van der Waals surface area contributed by atoms with Gasteiger partial charge in [0, 0.05) is 28.6 Å². The minimum Gasteiger partial charge on any atom is -0.432 e. The molecule has 0 amide bonds. The molecule has 1 saturated heterocycles. The molecule has 0 bridgehead atoms. The predicted molar refractivity (Wildman–Crippen MR) is 113 cm³/mol. The van der Waals surface area contributed by atoms with Crippen LogP contribution in [-0.2, 0) is 13.0 Å². The van der Waals surface area contributed by atoms with Gasteiger partial charge in [-0.1, -0.05) is 0 Å².